The highest BCUT2D eigenvalue weighted by Crippen LogP contribution is 2.44. The Bertz CT molecular complexity index is 1380. The summed E-state index contributed by atoms with van der Waals surface area (Å²) in [5, 5.41) is 31.5. The van der Waals surface area contributed by atoms with Gasteiger partial charge < -0.3 is 20.1 Å². The minimum atomic E-state index is -0.814. The number of thiocarbonyl (C=S) groups is 1. The molecule has 3 atom stereocenters. The van der Waals surface area contributed by atoms with E-state index in [4.69, 9.17) is 17.0 Å². The van der Waals surface area contributed by atoms with Gasteiger partial charge in [0, 0.05) is 17.3 Å². The van der Waals surface area contributed by atoms with Crippen molar-refractivity contribution in [1.29, 1.82) is 0 Å². The number of aliphatic hydroxyl groups is 1. The summed E-state index contributed by atoms with van der Waals surface area (Å²) >= 11 is 5.63. The van der Waals surface area contributed by atoms with Gasteiger partial charge in [-0.05, 0) is 78.1 Å². The number of hydrogen-bond acceptors (Lipinski definition) is 5. The molecule has 0 aliphatic carbocycles. The Labute approximate surface area is 220 Å². The van der Waals surface area contributed by atoms with Crippen LogP contribution in [-0.4, -0.2) is 26.6 Å². The first-order valence-corrected chi connectivity index (χ1v) is 12.4. The zero-order valence-corrected chi connectivity index (χ0v) is 20.7. The molecular formula is C30H26FNO4S. The molecule has 0 bridgehead atoms. The van der Waals surface area contributed by atoms with Gasteiger partial charge in [0.15, 0.2) is 0 Å². The van der Waals surface area contributed by atoms with Crippen molar-refractivity contribution in [1.82, 2.24) is 0 Å². The topological polar surface area (TPSA) is 73.2 Å². The number of anilines is 1. The third-order valence-electron chi connectivity index (χ3n) is 6.64. The maximum Gasteiger partial charge on any atom is 0.264 e. The highest BCUT2D eigenvalue weighted by molar-refractivity contribution is 7.80. The summed E-state index contributed by atoms with van der Waals surface area (Å²) in [5.74, 6) is -0.490. The number of phenols is 2. The quantitative estimate of drug-likeness (QED) is 0.239. The molecule has 1 saturated heterocycles. The lowest BCUT2D eigenvalue weighted by Crippen LogP contribution is -2.29. The summed E-state index contributed by atoms with van der Waals surface area (Å²) < 4.78 is 19.4. The number of rotatable bonds is 7. The van der Waals surface area contributed by atoms with E-state index < -0.39 is 18.2 Å². The van der Waals surface area contributed by atoms with Gasteiger partial charge in [-0.15, -0.1) is 0 Å². The Morgan fingerprint density at radius 2 is 1.54 bits per heavy atom. The molecule has 4 aromatic rings. The Kier molecular flexibility index (Phi) is 7.08. The van der Waals surface area contributed by atoms with Gasteiger partial charge in [0.1, 0.15) is 29.5 Å². The van der Waals surface area contributed by atoms with Crippen molar-refractivity contribution in [3.05, 3.63) is 114 Å². The van der Waals surface area contributed by atoms with Crippen LogP contribution >= 0.6 is 12.2 Å². The molecule has 3 N–H and O–H groups in total. The average molecular weight is 516 g/mol. The lowest BCUT2D eigenvalue weighted by atomic mass is 9.93. The van der Waals surface area contributed by atoms with E-state index in [9.17, 15) is 19.7 Å². The summed E-state index contributed by atoms with van der Waals surface area (Å²) in [7, 11) is 0. The Morgan fingerprint density at radius 1 is 0.865 bits per heavy atom. The Hall–Kier alpha value is -3.94. The molecule has 7 heteroatoms. The maximum absolute atomic E-state index is 13.3. The van der Waals surface area contributed by atoms with Crippen molar-refractivity contribution in [3.63, 3.8) is 0 Å². The zero-order chi connectivity index (χ0) is 25.9. The van der Waals surface area contributed by atoms with Crippen LogP contribution in [0.5, 0.6) is 11.5 Å². The number of ether oxygens (including phenoxy) is 1. The average Bonchev–Trinajstić information content (AvgIpc) is 3.23. The molecule has 0 amide bonds. The van der Waals surface area contributed by atoms with Crippen molar-refractivity contribution >= 4 is 23.1 Å². The van der Waals surface area contributed by atoms with E-state index in [1.807, 2.05) is 59.5 Å². The number of nitrogens with zero attached hydrogens (tertiary/aromatic N) is 1. The highest BCUT2D eigenvalue weighted by atomic mass is 32.1. The minimum Gasteiger partial charge on any atom is -0.508 e. The van der Waals surface area contributed by atoms with Crippen LogP contribution in [0.3, 0.4) is 0 Å². The van der Waals surface area contributed by atoms with E-state index in [0.29, 0.717) is 24.0 Å². The van der Waals surface area contributed by atoms with Gasteiger partial charge in [0.05, 0.1) is 6.10 Å². The van der Waals surface area contributed by atoms with Gasteiger partial charge in [-0.25, -0.2) is 4.39 Å². The van der Waals surface area contributed by atoms with Crippen LogP contribution in [-0.2, 0) is 4.74 Å². The molecule has 5 nitrogen and oxygen atoms in total. The largest absolute Gasteiger partial charge is 0.508 e. The second-order valence-electron chi connectivity index (χ2n) is 9.04. The van der Waals surface area contributed by atoms with Crippen LogP contribution in [0, 0.1) is 5.82 Å². The van der Waals surface area contributed by atoms with E-state index >= 15 is 0 Å². The van der Waals surface area contributed by atoms with Gasteiger partial charge in [-0.3, -0.25) is 4.90 Å². The summed E-state index contributed by atoms with van der Waals surface area (Å²) in [6.45, 7) is 0. The monoisotopic (exact) mass is 515 g/mol. The first-order valence-electron chi connectivity index (χ1n) is 12.0. The van der Waals surface area contributed by atoms with Crippen molar-refractivity contribution < 1.29 is 24.4 Å². The summed E-state index contributed by atoms with van der Waals surface area (Å²) in [5.41, 5.74) is 4.10. The molecule has 1 aliphatic rings. The van der Waals surface area contributed by atoms with E-state index in [0.717, 1.165) is 16.8 Å². The Balaban J connectivity index is 1.44. The van der Waals surface area contributed by atoms with Gasteiger partial charge in [-0.1, -0.05) is 54.6 Å². The van der Waals surface area contributed by atoms with E-state index in [-0.39, 0.29) is 22.5 Å². The number of aromatic hydroxyl groups is 2. The van der Waals surface area contributed by atoms with Crippen LogP contribution in [0.4, 0.5) is 10.1 Å². The minimum absolute atomic E-state index is 0.0511. The second kappa shape index (κ2) is 10.6. The molecule has 0 saturated carbocycles. The molecule has 4 aromatic carbocycles. The SMILES string of the molecule is Oc1ccc(C2C(CCC(O)c3ccc(F)cc3)OC(=S)N2c2ccc(-c3ccccc3)cc2)c(O)c1. The van der Waals surface area contributed by atoms with Gasteiger partial charge >= 0.3 is 0 Å². The summed E-state index contributed by atoms with van der Waals surface area (Å²) in [4.78, 5) is 1.85. The third kappa shape index (κ3) is 5.28. The molecule has 0 radical (unpaired) electrons. The lowest BCUT2D eigenvalue weighted by molar-refractivity contribution is 0.126. The van der Waals surface area contributed by atoms with Crippen molar-refractivity contribution in [2.45, 2.75) is 31.1 Å². The van der Waals surface area contributed by atoms with Gasteiger partial charge in [0.25, 0.3) is 5.17 Å². The molecule has 1 aliphatic heterocycles. The first-order chi connectivity index (χ1) is 17.9. The van der Waals surface area contributed by atoms with E-state index in [1.165, 1.54) is 24.3 Å². The summed E-state index contributed by atoms with van der Waals surface area (Å²) in [6.07, 6.45) is -0.532. The zero-order valence-electron chi connectivity index (χ0n) is 19.9. The molecule has 3 unspecified atom stereocenters. The second-order valence-corrected chi connectivity index (χ2v) is 9.39. The van der Waals surface area contributed by atoms with Gasteiger partial charge in [-0.2, -0.15) is 0 Å². The molecule has 1 fully saturated rings. The highest BCUT2D eigenvalue weighted by Gasteiger charge is 2.42. The number of aliphatic hydroxyl groups excluding tert-OH is 1. The lowest BCUT2D eigenvalue weighted by Gasteiger charge is -2.27. The first kappa shape index (κ1) is 24.7. The van der Waals surface area contributed by atoms with Crippen LogP contribution in [0.25, 0.3) is 11.1 Å². The molecule has 0 spiro atoms. The maximum atomic E-state index is 13.3. The Morgan fingerprint density at radius 3 is 2.22 bits per heavy atom. The normalized spacial score (nSPS) is 18.0. The van der Waals surface area contributed by atoms with Crippen LogP contribution < -0.4 is 4.90 Å². The molecular weight excluding hydrogens is 489 g/mol. The number of hydrogen-bond donors (Lipinski definition) is 3. The molecule has 188 valence electrons. The fourth-order valence-corrected chi connectivity index (χ4v) is 5.10. The molecule has 0 aromatic heterocycles. The summed E-state index contributed by atoms with van der Waals surface area (Å²) in [6, 6.07) is 27.7. The van der Waals surface area contributed by atoms with Crippen LogP contribution in [0.1, 0.15) is 36.1 Å². The number of halogens is 1. The molecule has 37 heavy (non-hydrogen) atoms. The van der Waals surface area contributed by atoms with Crippen molar-refractivity contribution in [2.75, 3.05) is 4.90 Å². The smallest absolute Gasteiger partial charge is 0.264 e. The van der Waals surface area contributed by atoms with E-state index in [1.54, 1.807) is 18.2 Å². The fraction of sp³-hybridized carbons (Fsp3) is 0.167. The van der Waals surface area contributed by atoms with E-state index in [2.05, 4.69) is 0 Å². The predicted molar refractivity (Wildman–Crippen MR) is 145 cm³/mol. The van der Waals surface area contributed by atoms with Crippen LogP contribution in [0.15, 0.2) is 97.1 Å². The van der Waals surface area contributed by atoms with Gasteiger partial charge in [0.2, 0.25) is 0 Å². The van der Waals surface area contributed by atoms with Crippen molar-refractivity contribution in [2.24, 2.45) is 0 Å². The number of phenolic OH excluding ortho intramolecular Hbond substituents is 2. The fourth-order valence-electron chi connectivity index (χ4n) is 4.75. The standard InChI is InChI=1S/C30H26FNO4S/c31-22-10-6-21(7-11-22)26(34)16-17-28-29(25-15-14-24(33)18-27(25)35)32(30(37)36-28)23-12-8-20(9-13-23)19-4-2-1-3-5-19/h1-15,18,26,28-29,33-35H,16-17H2. The molecule has 1 heterocycles. The third-order valence-corrected chi connectivity index (χ3v) is 6.94. The van der Waals surface area contributed by atoms with Crippen LogP contribution in [0.2, 0.25) is 0 Å². The van der Waals surface area contributed by atoms with Crippen molar-refractivity contribution in [3.8, 4) is 22.6 Å². The predicted octanol–water partition coefficient (Wildman–Crippen LogP) is 6.65. The molecule has 5 rings (SSSR count). The number of benzene rings is 4.